The lowest BCUT2D eigenvalue weighted by Crippen LogP contribution is -2.11. The molecule has 0 aliphatic rings. The lowest BCUT2D eigenvalue weighted by molar-refractivity contribution is 0.736. The van der Waals surface area contributed by atoms with Crippen LogP contribution < -0.4 is 5.73 Å². The molecule has 2 N–H and O–H groups in total. The van der Waals surface area contributed by atoms with Crippen molar-refractivity contribution in [2.45, 2.75) is 19.4 Å². The van der Waals surface area contributed by atoms with Gasteiger partial charge in [-0.2, -0.15) is 0 Å². The van der Waals surface area contributed by atoms with Crippen molar-refractivity contribution in [2.75, 3.05) is 0 Å². The zero-order chi connectivity index (χ0) is 11.5. The molecule has 3 heteroatoms. The van der Waals surface area contributed by atoms with Crippen LogP contribution in [0.5, 0.6) is 0 Å². The van der Waals surface area contributed by atoms with Crippen LogP contribution >= 0.6 is 27.3 Å². The van der Waals surface area contributed by atoms with Gasteiger partial charge in [0.15, 0.2) is 0 Å². The van der Waals surface area contributed by atoms with Crippen molar-refractivity contribution in [3.8, 4) is 0 Å². The number of nitrogens with two attached hydrogens (primary N) is 1. The molecule has 0 radical (unpaired) electrons. The first kappa shape index (κ1) is 11.8. The summed E-state index contributed by atoms with van der Waals surface area (Å²) in [5.74, 6) is 0. The summed E-state index contributed by atoms with van der Waals surface area (Å²) in [5.41, 5.74) is 8.77. The second-order valence-electron chi connectivity index (χ2n) is 3.97. The molecule has 2 rings (SSSR count). The van der Waals surface area contributed by atoms with Crippen LogP contribution in [0.1, 0.15) is 22.0 Å². The molecule has 2 aromatic rings. The monoisotopic (exact) mass is 295 g/mol. The lowest BCUT2D eigenvalue weighted by Gasteiger charge is -2.09. The first-order valence-electron chi connectivity index (χ1n) is 5.20. The minimum absolute atomic E-state index is 0.0955. The largest absolute Gasteiger partial charge is 0.323 e. The Morgan fingerprint density at radius 1 is 1.38 bits per heavy atom. The van der Waals surface area contributed by atoms with Crippen LogP contribution in [0.15, 0.2) is 40.2 Å². The summed E-state index contributed by atoms with van der Waals surface area (Å²) in [4.78, 5) is 1.23. The lowest BCUT2D eigenvalue weighted by atomic mass is 10.0. The van der Waals surface area contributed by atoms with Crippen molar-refractivity contribution in [3.05, 3.63) is 56.2 Å². The summed E-state index contributed by atoms with van der Waals surface area (Å²) in [5, 5.41) is 2.07. The fraction of sp³-hybridized carbons (Fsp3) is 0.231. The molecule has 16 heavy (non-hydrogen) atoms. The smallest absolute Gasteiger partial charge is 0.0431 e. The third-order valence-corrected chi connectivity index (χ3v) is 4.32. The van der Waals surface area contributed by atoms with Gasteiger partial charge in [-0.05, 0) is 40.9 Å². The Hall–Kier alpha value is -0.640. The summed E-state index contributed by atoms with van der Waals surface area (Å²) in [6.45, 7) is 2.11. The highest BCUT2D eigenvalue weighted by Crippen LogP contribution is 2.26. The maximum absolute atomic E-state index is 6.18. The maximum Gasteiger partial charge on any atom is 0.0431 e. The van der Waals surface area contributed by atoms with Crippen molar-refractivity contribution in [3.63, 3.8) is 0 Å². The van der Waals surface area contributed by atoms with Crippen LogP contribution in [0.3, 0.4) is 0 Å². The van der Waals surface area contributed by atoms with Gasteiger partial charge in [0.1, 0.15) is 0 Å². The van der Waals surface area contributed by atoms with Crippen LogP contribution in [-0.2, 0) is 6.42 Å². The van der Waals surface area contributed by atoms with E-state index in [1.807, 2.05) is 0 Å². The molecule has 1 heterocycles. The van der Waals surface area contributed by atoms with Crippen LogP contribution in [-0.4, -0.2) is 0 Å². The van der Waals surface area contributed by atoms with E-state index in [2.05, 4.69) is 58.6 Å². The molecule has 0 saturated heterocycles. The summed E-state index contributed by atoms with van der Waals surface area (Å²) in [6, 6.07) is 10.7. The van der Waals surface area contributed by atoms with Crippen LogP contribution in [0.2, 0.25) is 0 Å². The molecule has 0 saturated carbocycles. The van der Waals surface area contributed by atoms with Gasteiger partial charge in [-0.3, -0.25) is 0 Å². The molecule has 0 fully saturated rings. The molecule has 0 aliphatic carbocycles. The van der Waals surface area contributed by atoms with E-state index in [1.54, 1.807) is 11.3 Å². The molecule has 0 bridgehead atoms. The van der Waals surface area contributed by atoms with Crippen molar-refractivity contribution in [2.24, 2.45) is 5.73 Å². The highest BCUT2D eigenvalue weighted by Gasteiger charge is 2.09. The molecule has 0 spiro atoms. The predicted octanol–water partition coefficient (Wildman–Crippen LogP) is 4.06. The van der Waals surface area contributed by atoms with E-state index >= 15 is 0 Å². The highest BCUT2D eigenvalue weighted by atomic mass is 79.9. The van der Waals surface area contributed by atoms with Gasteiger partial charge in [-0.15, -0.1) is 11.3 Å². The Morgan fingerprint density at radius 3 is 2.81 bits per heavy atom. The van der Waals surface area contributed by atoms with Gasteiger partial charge in [0.05, 0.1) is 0 Å². The normalized spacial score (nSPS) is 12.7. The van der Waals surface area contributed by atoms with Gasteiger partial charge in [0.25, 0.3) is 0 Å². The highest BCUT2D eigenvalue weighted by molar-refractivity contribution is 9.10. The Morgan fingerprint density at radius 2 is 2.19 bits per heavy atom. The second kappa shape index (κ2) is 5.13. The third-order valence-electron chi connectivity index (χ3n) is 2.49. The quantitative estimate of drug-likeness (QED) is 0.908. The molecular formula is C13H14BrNS. The first-order valence-corrected chi connectivity index (χ1v) is 6.87. The summed E-state index contributed by atoms with van der Waals surface area (Å²) >= 11 is 5.16. The number of rotatable bonds is 3. The van der Waals surface area contributed by atoms with Gasteiger partial charge in [-0.1, -0.05) is 29.8 Å². The van der Waals surface area contributed by atoms with Crippen LogP contribution in [0, 0.1) is 6.92 Å². The number of thiophene rings is 1. The summed E-state index contributed by atoms with van der Waals surface area (Å²) in [6.07, 6.45) is 0.897. The van der Waals surface area contributed by atoms with E-state index in [4.69, 9.17) is 5.73 Å². The zero-order valence-corrected chi connectivity index (χ0v) is 11.5. The third kappa shape index (κ3) is 2.94. The van der Waals surface area contributed by atoms with Crippen LogP contribution in [0.25, 0.3) is 0 Å². The predicted molar refractivity (Wildman–Crippen MR) is 73.8 cm³/mol. The second-order valence-corrected chi connectivity index (χ2v) is 5.83. The van der Waals surface area contributed by atoms with E-state index in [-0.39, 0.29) is 6.04 Å². The van der Waals surface area contributed by atoms with Gasteiger partial charge < -0.3 is 5.73 Å². The average molecular weight is 296 g/mol. The van der Waals surface area contributed by atoms with Gasteiger partial charge in [0, 0.05) is 20.8 Å². The molecular weight excluding hydrogens is 282 g/mol. The molecule has 1 aromatic carbocycles. The van der Waals surface area contributed by atoms with Crippen molar-refractivity contribution in [1.82, 2.24) is 0 Å². The fourth-order valence-corrected chi connectivity index (χ4v) is 3.16. The van der Waals surface area contributed by atoms with Crippen molar-refractivity contribution >= 4 is 27.3 Å². The minimum Gasteiger partial charge on any atom is -0.323 e. The van der Waals surface area contributed by atoms with E-state index in [9.17, 15) is 0 Å². The topological polar surface area (TPSA) is 26.0 Å². The fourth-order valence-electron chi connectivity index (χ4n) is 1.72. The van der Waals surface area contributed by atoms with E-state index in [1.165, 1.54) is 16.0 Å². The van der Waals surface area contributed by atoms with E-state index in [0.29, 0.717) is 0 Å². The van der Waals surface area contributed by atoms with Gasteiger partial charge >= 0.3 is 0 Å². The van der Waals surface area contributed by atoms with Gasteiger partial charge in [-0.25, -0.2) is 0 Å². The molecule has 1 unspecified atom stereocenters. The summed E-state index contributed by atoms with van der Waals surface area (Å²) in [7, 11) is 0. The molecule has 1 nitrogen and oxygen atoms in total. The molecule has 1 aromatic heterocycles. The van der Waals surface area contributed by atoms with E-state index in [0.717, 1.165) is 10.9 Å². The molecule has 1 atom stereocenters. The first-order chi connectivity index (χ1) is 7.65. The standard InChI is InChI=1S/C13H14BrNS/c1-9-3-2-4-10(5-9)6-12(15)13-7-11(14)8-16-13/h2-5,7-8,12H,6,15H2,1H3. The zero-order valence-electron chi connectivity index (χ0n) is 9.11. The SMILES string of the molecule is Cc1cccc(CC(N)c2cc(Br)cs2)c1. The molecule has 0 amide bonds. The summed E-state index contributed by atoms with van der Waals surface area (Å²) < 4.78 is 1.12. The number of hydrogen-bond donors (Lipinski definition) is 1. The number of aryl methyl sites for hydroxylation is 1. The number of hydrogen-bond acceptors (Lipinski definition) is 2. The van der Waals surface area contributed by atoms with Crippen molar-refractivity contribution < 1.29 is 0 Å². The average Bonchev–Trinajstić information content (AvgIpc) is 2.65. The minimum atomic E-state index is 0.0955. The molecule has 0 aliphatic heterocycles. The Balaban J connectivity index is 2.10. The molecule has 84 valence electrons. The van der Waals surface area contributed by atoms with Crippen LogP contribution in [0.4, 0.5) is 0 Å². The number of halogens is 1. The van der Waals surface area contributed by atoms with Crippen molar-refractivity contribution in [1.29, 1.82) is 0 Å². The van der Waals surface area contributed by atoms with E-state index < -0.39 is 0 Å². The Kier molecular flexibility index (Phi) is 3.79. The maximum atomic E-state index is 6.18. The Labute approximate surface area is 108 Å². The van der Waals surface area contributed by atoms with Gasteiger partial charge in [0.2, 0.25) is 0 Å². The Bertz CT molecular complexity index is 478. The number of benzene rings is 1.